The summed E-state index contributed by atoms with van der Waals surface area (Å²) in [5, 5.41) is 9.15. The molecular weight excluding hydrogens is 352 g/mol. The molecule has 5 nitrogen and oxygen atoms in total. The Kier molecular flexibility index (Phi) is 6.01. The number of thiophene rings is 1. The Morgan fingerprint density at radius 1 is 1.24 bits per heavy atom. The standard InChI is InChI=1S/C18H22N4OS2/c1-13-3-4-14(2)16(11-13)20-18(24)21-19-12-15-5-6-17(25-15)22-7-9-23-10-8-22/h3-6,11-12H,7-10H2,1-2H3,(H2,20,21,24). The molecule has 0 atom stereocenters. The second kappa shape index (κ2) is 8.42. The van der Waals surface area contributed by atoms with Gasteiger partial charge in [0, 0.05) is 23.7 Å². The normalized spacial score (nSPS) is 14.7. The van der Waals surface area contributed by atoms with Crippen LogP contribution < -0.4 is 15.6 Å². The summed E-state index contributed by atoms with van der Waals surface area (Å²) in [5.41, 5.74) is 6.21. The lowest BCUT2D eigenvalue weighted by Crippen LogP contribution is -2.35. The second-order valence-corrected chi connectivity index (χ2v) is 7.42. The maximum absolute atomic E-state index is 5.39. The molecule has 1 aliphatic rings. The van der Waals surface area contributed by atoms with Gasteiger partial charge in [-0.05, 0) is 55.4 Å². The molecule has 7 heteroatoms. The highest BCUT2D eigenvalue weighted by Crippen LogP contribution is 2.25. The number of nitrogens with one attached hydrogen (secondary N) is 2. The van der Waals surface area contributed by atoms with Gasteiger partial charge < -0.3 is 15.0 Å². The first-order valence-electron chi connectivity index (χ1n) is 8.21. The molecule has 0 amide bonds. The molecular formula is C18H22N4OS2. The van der Waals surface area contributed by atoms with Crippen molar-refractivity contribution in [1.82, 2.24) is 5.43 Å². The molecule has 1 aliphatic heterocycles. The third kappa shape index (κ3) is 5.01. The van der Waals surface area contributed by atoms with E-state index in [0.717, 1.165) is 42.4 Å². The second-order valence-electron chi connectivity index (χ2n) is 5.92. The van der Waals surface area contributed by atoms with Gasteiger partial charge in [0.2, 0.25) is 0 Å². The lowest BCUT2D eigenvalue weighted by Gasteiger charge is -2.27. The fraction of sp³-hybridized carbons (Fsp3) is 0.333. The third-order valence-corrected chi connectivity index (χ3v) is 5.21. The van der Waals surface area contributed by atoms with Crippen LogP contribution in [-0.4, -0.2) is 37.6 Å². The number of nitrogens with zero attached hydrogens (tertiary/aromatic N) is 2. The minimum Gasteiger partial charge on any atom is -0.378 e. The monoisotopic (exact) mass is 374 g/mol. The SMILES string of the molecule is Cc1ccc(C)c(NC(=S)NN=Cc2ccc(N3CCOCC3)s2)c1. The van der Waals surface area contributed by atoms with Gasteiger partial charge in [0.25, 0.3) is 0 Å². The number of benzene rings is 1. The highest BCUT2D eigenvalue weighted by atomic mass is 32.1. The van der Waals surface area contributed by atoms with Crippen molar-refractivity contribution >= 4 is 45.6 Å². The fourth-order valence-corrected chi connectivity index (χ4v) is 3.63. The molecule has 2 heterocycles. The van der Waals surface area contributed by atoms with E-state index in [0.29, 0.717) is 5.11 Å². The summed E-state index contributed by atoms with van der Waals surface area (Å²) in [6, 6.07) is 10.4. The topological polar surface area (TPSA) is 48.9 Å². The molecule has 2 aromatic rings. The lowest BCUT2D eigenvalue weighted by atomic mass is 10.1. The van der Waals surface area contributed by atoms with Gasteiger partial charge in [0.15, 0.2) is 5.11 Å². The highest BCUT2D eigenvalue weighted by molar-refractivity contribution is 7.80. The predicted molar refractivity (Wildman–Crippen MR) is 110 cm³/mol. The predicted octanol–water partition coefficient (Wildman–Crippen LogP) is 3.52. The third-order valence-electron chi connectivity index (χ3n) is 3.93. The average Bonchev–Trinajstić information content (AvgIpc) is 3.08. The van der Waals surface area contributed by atoms with Crippen LogP contribution in [0.1, 0.15) is 16.0 Å². The number of anilines is 2. The first kappa shape index (κ1) is 17.8. The summed E-state index contributed by atoms with van der Waals surface area (Å²) in [7, 11) is 0. The van der Waals surface area contributed by atoms with Crippen LogP contribution in [0.5, 0.6) is 0 Å². The van der Waals surface area contributed by atoms with Crippen molar-refractivity contribution in [2.24, 2.45) is 5.10 Å². The van der Waals surface area contributed by atoms with Crippen molar-refractivity contribution in [2.45, 2.75) is 13.8 Å². The molecule has 0 aliphatic carbocycles. The van der Waals surface area contributed by atoms with E-state index in [1.54, 1.807) is 17.6 Å². The summed E-state index contributed by atoms with van der Waals surface area (Å²) in [6.07, 6.45) is 1.80. The van der Waals surface area contributed by atoms with Crippen LogP contribution in [0.2, 0.25) is 0 Å². The molecule has 0 bridgehead atoms. The molecule has 0 spiro atoms. The van der Waals surface area contributed by atoms with Gasteiger partial charge in [-0.15, -0.1) is 11.3 Å². The zero-order valence-corrected chi connectivity index (χ0v) is 16.0. The Bertz CT molecular complexity index is 766. The highest BCUT2D eigenvalue weighted by Gasteiger charge is 2.12. The molecule has 1 aromatic heterocycles. The van der Waals surface area contributed by atoms with E-state index < -0.39 is 0 Å². The maximum atomic E-state index is 5.39. The van der Waals surface area contributed by atoms with Crippen molar-refractivity contribution < 1.29 is 4.74 Å². The van der Waals surface area contributed by atoms with E-state index in [1.165, 1.54) is 10.6 Å². The molecule has 0 radical (unpaired) electrons. The zero-order valence-electron chi connectivity index (χ0n) is 14.4. The first-order valence-corrected chi connectivity index (χ1v) is 9.44. The number of thiocarbonyl (C=S) groups is 1. The average molecular weight is 375 g/mol. The quantitative estimate of drug-likeness (QED) is 0.487. The van der Waals surface area contributed by atoms with Crippen molar-refractivity contribution in [1.29, 1.82) is 0 Å². The smallest absolute Gasteiger partial charge is 0.191 e. The van der Waals surface area contributed by atoms with Crippen LogP contribution in [0, 0.1) is 13.8 Å². The van der Waals surface area contributed by atoms with Gasteiger partial charge in [-0.1, -0.05) is 12.1 Å². The van der Waals surface area contributed by atoms with Gasteiger partial charge in [0.05, 0.1) is 24.4 Å². The van der Waals surface area contributed by atoms with Crippen LogP contribution in [0.3, 0.4) is 0 Å². The summed E-state index contributed by atoms with van der Waals surface area (Å²) in [5.74, 6) is 0. The summed E-state index contributed by atoms with van der Waals surface area (Å²) >= 11 is 7.02. The van der Waals surface area contributed by atoms with Crippen molar-refractivity contribution in [2.75, 3.05) is 36.5 Å². The van der Waals surface area contributed by atoms with E-state index in [1.807, 2.05) is 6.92 Å². The summed E-state index contributed by atoms with van der Waals surface area (Å²) < 4.78 is 5.39. The molecule has 3 rings (SSSR count). The van der Waals surface area contributed by atoms with Crippen molar-refractivity contribution in [3.63, 3.8) is 0 Å². The van der Waals surface area contributed by atoms with E-state index in [2.05, 4.69) is 58.0 Å². The summed E-state index contributed by atoms with van der Waals surface area (Å²) in [6.45, 7) is 7.58. The van der Waals surface area contributed by atoms with E-state index >= 15 is 0 Å². The minimum absolute atomic E-state index is 0.481. The van der Waals surface area contributed by atoms with Crippen LogP contribution in [0.4, 0.5) is 10.7 Å². The molecule has 1 aromatic carbocycles. The number of hydrogen-bond acceptors (Lipinski definition) is 5. The Labute approximate surface area is 157 Å². The Morgan fingerprint density at radius 2 is 2.04 bits per heavy atom. The van der Waals surface area contributed by atoms with Crippen molar-refractivity contribution in [3.8, 4) is 0 Å². The largest absolute Gasteiger partial charge is 0.378 e. The lowest BCUT2D eigenvalue weighted by molar-refractivity contribution is 0.123. The Balaban J connectivity index is 1.53. The molecule has 1 saturated heterocycles. The van der Waals surface area contributed by atoms with Gasteiger partial charge in [-0.3, -0.25) is 5.43 Å². The van der Waals surface area contributed by atoms with Gasteiger partial charge in [-0.2, -0.15) is 5.10 Å². The maximum Gasteiger partial charge on any atom is 0.191 e. The number of hydrogen-bond donors (Lipinski definition) is 2. The number of morpholine rings is 1. The van der Waals surface area contributed by atoms with Crippen LogP contribution in [0.25, 0.3) is 0 Å². The Hall–Kier alpha value is -1.96. The molecule has 25 heavy (non-hydrogen) atoms. The zero-order chi connectivity index (χ0) is 17.6. The van der Waals surface area contributed by atoms with Crippen molar-refractivity contribution in [3.05, 3.63) is 46.3 Å². The summed E-state index contributed by atoms with van der Waals surface area (Å²) in [4.78, 5) is 3.43. The number of ether oxygens (including phenoxy) is 1. The van der Waals surface area contributed by atoms with Crippen LogP contribution >= 0.6 is 23.6 Å². The molecule has 2 N–H and O–H groups in total. The van der Waals surface area contributed by atoms with Gasteiger partial charge >= 0.3 is 0 Å². The van der Waals surface area contributed by atoms with E-state index in [-0.39, 0.29) is 0 Å². The Morgan fingerprint density at radius 3 is 2.84 bits per heavy atom. The van der Waals surface area contributed by atoms with Gasteiger partial charge in [-0.25, -0.2) is 0 Å². The minimum atomic E-state index is 0.481. The molecule has 1 fully saturated rings. The first-order chi connectivity index (χ1) is 12.1. The number of hydrazone groups is 1. The number of aryl methyl sites for hydroxylation is 2. The fourth-order valence-electron chi connectivity index (χ4n) is 2.54. The van der Waals surface area contributed by atoms with E-state index in [9.17, 15) is 0 Å². The molecule has 0 unspecified atom stereocenters. The molecule has 132 valence electrons. The number of rotatable bonds is 4. The van der Waals surface area contributed by atoms with E-state index in [4.69, 9.17) is 17.0 Å². The van der Waals surface area contributed by atoms with Crippen LogP contribution in [-0.2, 0) is 4.74 Å². The van der Waals surface area contributed by atoms with Crippen LogP contribution in [0.15, 0.2) is 35.4 Å². The van der Waals surface area contributed by atoms with Gasteiger partial charge in [0.1, 0.15) is 0 Å². The molecule has 0 saturated carbocycles.